The molecule has 1 fully saturated rings. The first-order chi connectivity index (χ1) is 11.8. The van der Waals surface area contributed by atoms with Gasteiger partial charge in [-0.3, -0.25) is 0 Å². The molecule has 5 heteroatoms. The molecule has 0 amide bonds. The average molecular weight is 354 g/mol. The Morgan fingerprint density at radius 2 is 1.68 bits per heavy atom. The third-order valence-electron chi connectivity index (χ3n) is 5.36. The molecule has 138 valence electrons. The van der Waals surface area contributed by atoms with Crippen LogP contribution in [0, 0.1) is 11.8 Å². The van der Waals surface area contributed by atoms with E-state index in [0.717, 1.165) is 18.4 Å². The number of alkyl halides is 2. The highest BCUT2D eigenvalue weighted by molar-refractivity contribution is 5.29. The van der Waals surface area contributed by atoms with Crippen molar-refractivity contribution in [3.05, 3.63) is 41.4 Å². The van der Waals surface area contributed by atoms with E-state index in [1.54, 1.807) is 19.1 Å². The van der Waals surface area contributed by atoms with Gasteiger partial charge in [0.15, 0.2) is 0 Å². The molecule has 0 aromatic heterocycles. The molecule has 2 nitrogen and oxygen atoms in total. The number of rotatable bonds is 4. The normalized spacial score (nSPS) is 27.8. The van der Waals surface area contributed by atoms with Gasteiger partial charge in [0.05, 0.1) is 5.92 Å². The summed E-state index contributed by atoms with van der Waals surface area (Å²) in [6, 6.07) is 5.84. The number of benzene rings is 1. The van der Waals surface area contributed by atoms with E-state index in [0.29, 0.717) is 37.2 Å². The summed E-state index contributed by atoms with van der Waals surface area (Å²) in [5, 5.41) is 0. The molecule has 1 unspecified atom stereocenters. The molecule has 1 aliphatic carbocycles. The zero-order chi connectivity index (χ0) is 18.0. The number of hydrogen-bond acceptors (Lipinski definition) is 2. The van der Waals surface area contributed by atoms with Crippen LogP contribution >= 0.6 is 0 Å². The van der Waals surface area contributed by atoms with Crippen LogP contribution in [0.25, 0.3) is 0 Å². The van der Waals surface area contributed by atoms with Gasteiger partial charge in [0, 0.05) is 0 Å². The topological polar surface area (TPSA) is 18.5 Å². The maximum atomic E-state index is 14.4. The molecule has 1 saturated carbocycles. The van der Waals surface area contributed by atoms with E-state index in [9.17, 15) is 13.2 Å². The first-order valence-corrected chi connectivity index (χ1v) is 9.04. The first kappa shape index (κ1) is 18.2. The predicted molar refractivity (Wildman–Crippen MR) is 90.0 cm³/mol. The molecule has 1 aromatic carbocycles. The van der Waals surface area contributed by atoms with Crippen molar-refractivity contribution < 1.29 is 22.6 Å². The highest BCUT2D eigenvalue weighted by Gasteiger charge is 2.43. The van der Waals surface area contributed by atoms with Gasteiger partial charge in [-0.15, -0.1) is 0 Å². The van der Waals surface area contributed by atoms with Crippen LogP contribution in [0.5, 0.6) is 5.75 Å². The van der Waals surface area contributed by atoms with Crippen LogP contribution in [-0.4, -0.2) is 6.11 Å². The Kier molecular flexibility index (Phi) is 5.30. The van der Waals surface area contributed by atoms with Gasteiger partial charge in [-0.2, -0.15) is 13.2 Å². The van der Waals surface area contributed by atoms with Gasteiger partial charge in [0.2, 0.25) is 0 Å². The van der Waals surface area contributed by atoms with Gasteiger partial charge in [-0.25, -0.2) is 0 Å². The minimum absolute atomic E-state index is 0.135. The summed E-state index contributed by atoms with van der Waals surface area (Å²) in [6.07, 6.45) is 0.399. The summed E-state index contributed by atoms with van der Waals surface area (Å²) in [4.78, 5) is 0. The molecule has 1 aliphatic heterocycles. The van der Waals surface area contributed by atoms with Crippen molar-refractivity contribution in [2.24, 2.45) is 11.8 Å². The second-order valence-corrected chi connectivity index (χ2v) is 7.39. The van der Waals surface area contributed by atoms with E-state index < -0.39 is 18.0 Å². The Labute approximate surface area is 147 Å². The molecular weight excluding hydrogens is 329 g/mol. The number of halogens is 3. The summed E-state index contributed by atoms with van der Waals surface area (Å²) < 4.78 is 52.6. The van der Waals surface area contributed by atoms with E-state index in [1.807, 2.05) is 0 Å². The second-order valence-electron chi connectivity index (χ2n) is 7.39. The lowest BCUT2D eigenvalue weighted by Gasteiger charge is -2.32. The maximum Gasteiger partial charge on any atom is 0.400 e. The molecule has 25 heavy (non-hydrogen) atoms. The fraction of sp³-hybridized carbons (Fsp3) is 0.600. The van der Waals surface area contributed by atoms with Gasteiger partial charge >= 0.3 is 6.11 Å². The SMILES string of the molecule is CC1=C(F)OC(c2ccc(OC(F)(F)C3CCC(C)CC3)cc2)CC1. The average Bonchev–Trinajstić information content (AvgIpc) is 2.58. The zero-order valence-corrected chi connectivity index (χ0v) is 14.7. The molecule has 1 heterocycles. The third-order valence-corrected chi connectivity index (χ3v) is 5.36. The molecule has 0 bridgehead atoms. The maximum absolute atomic E-state index is 14.4. The second kappa shape index (κ2) is 7.30. The lowest BCUT2D eigenvalue weighted by Crippen LogP contribution is -2.36. The molecule has 0 spiro atoms. The Morgan fingerprint density at radius 1 is 1.04 bits per heavy atom. The monoisotopic (exact) mass is 354 g/mol. The number of hydrogen-bond donors (Lipinski definition) is 0. The van der Waals surface area contributed by atoms with Crippen LogP contribution in [0.3, 0.4) is 0 Å². The van der Waals surface area contributed by atoms with E-state index in [-0.39, 0.29) is 11.9 Å². The molecule has 1 atom stereocenters. The number of ether oxygens (including phenoxy) is 2. The first-order valence-electron chi connectivity index (χ1n) is 9.04. The van der Waals surface area contributed by atoms with E-state index in [2.05, 4.69) is 6.92 Å². The number of allylic oxidation sites excluding steroid dienone is 1. The highest BCUT2D eigenvalue weighted by Crippen LogP contribution is 2.40. The van der Waals surface area contributed by atoms with Crippen LogP contribution in [0.2, 0.25) is 0 Å². The molecule has 1 aromatic rings. The summed E-state index contributed by atoms with van der Waals surface area (Å²) in [5.74, 6) is -0.0810. The van der Waals surface area contributed by atoms with Crippen LogP contribution in [0.15, 0.2) is 35.9 Å². The van der Waals surface area contributed by atoms with E-state index in [4.69, 9.17) is 9.47 Å². The van der Waals surface area contributed by atoms with Gasteiger partial charge in [-0.05, 0) is 61.8 Å². The fourth-order valence-electron chi connectivity index (χ4n) is 3.55. The highest BCUT2D eigenvalue weighted by atomic mass is 19.3. The molecule has 0 N–H and O–H groups in total. The van der Waals surface area contributed by atoms with Crippen LogP contribution in [0.4, 0.5) is 13.2 Å². The minimum atomic E-state index is -3.16. The van der Waals surface area contributed by atoms with Crippen molar-refractivity contribution in [1.29, 1.82) is 0 Å². The van der Waals surface area contributed by atoms with Gasteiger partial charge in [0.25, 0.3) is 6.01 Å². The van der Waals surface area contributed by atoms with Gasteiger partial charge in [0.1, 0.15) is 11.9 Å². The zero-order valence-electron chi connectivity index (χ0n) is 14.7. The Hall–Kier alpha value is -1.65. The summed E-state index contributed by atoms with van der Waals surface area (Å²) in [6.45, 7) is 3.80. The quantitative estimate of drug-likeness (QED) is 0.611. The summed E-state index contributed by atoms with van der Waals surface area (Å²) in [7, 11) is 0. The third kappa shape index (κ3) is 4.31. The fourth-order valence-corrected chi connectivity index (χ4v) is 3.55. The van der Waals surface area contributed by atoms with Crippen LogP contribution < -0.4 is 4.74 Å². The minimum Gasteiger partial charge on any atom is -0.463 e. The summed E-state index contributed by atoms with van der Waals surface area (Å²) in [5.41, 5.74) is 1.38. The standard InChI is InChI=1S/C20H25F3O2/c1-13-3-8-16(9-4-13)20(22,23)25-17-10-6-15(7-11-17)18-12-5-14(2)19(21)24-18/h6-7,10-11,13,16,18H,3-5,8-9,12H2,1-2H3. The predicted octanol–water partition coefficient (Wildman–Crippen LogP) is 6.54. The van der Waals surface area contributed by atoms with Crippen LogP contribution in [-0.2, 0) is 4.74 Å². The lowest BCUT2D eigenvalue weighted by atomic mass is 9.82. The van der Waals surface area contributed by atoms with Gasteiger partial charge < -0.3 is 9.47 Å². The molecule has 2 aliphatic rings. The van der Waals surface area contributed by atoms with Crippen molar-refractivity contribution in [3.8, 4) is 5.75 Å². The van der Waals surface area contributed by atoms with E-state index in [1.165, 1.54) is 12.1 Å². The van der Waals surface area contributed by atoms with Crippen molar-refractivity contribution in [2.45, 2.75) is 64.6 Å². The Morgan fingerprint density at radius 3 is 2.28 bits per heavy atom. The largest absolute Gasteiger partial charge is 0.463 e. The Balaban J connectivity index is 1.62. The smallest absolute Gasteiger partial charge is 0.400 e. The Bertz CT molecular complexity index is 616. The molecular formula is C20H25F3O2. The van der Waals surface area contributed by atoms with Crippen molar-refractivity contribution in [1.82, 2.24) is 0 Å². The molecule has 0 saturated heterocycles. The van der Waals surface area contributed by atoms with Crippen LogP contribution in [0.1, 0.15) is 64.0 Å². The summed E-state index contributed by atoms with van der Waals surface area (Å²) >= 11 is 0. The van der Waals surface area contributed by atoms with E-state index >= 15 is 0 Å². The lowest BCUT2D eigenvalue weighted by molar-refractivity contribution is -0.223. The van der Waals surface area contributed by atoms with Crippen molar-refractivity contribution in [3.63, 3.8) is 0 Å². The van der Waals surface area contributed by atoms with Crippen molar-refractivity contribution >= 4 is 0 Å². The molecule has 0 radical (unpaired) electrons. The molecule has 3 rings (SSSR count). The van der Waals surface area contributed by atoms with Gasteiger partial charge in [-0.1, -0.05) is 31.9 Å². The van der Waals surface area contributed by atoms with Crippen molar-refractivity contribution in [2.75, 3.05) is 0 Å².